The second kappa shape index (κ2) is 5.67. The predicted molar refractivity (Wildman–Crippen MR) is 71.1 cm³/mol. The third-order valence-electron chi connectivity index (χ3n) is 3.05. The maximum atomic E-state index is 11.4. The minimum Gasteiger partial charge on any atom is -0.493 e. The number of rotatable bonds is 6. The van der Waals surface area contributed by atoms with Crippen molar-refractivity contribution in [1.29, 1.82) is 0 Å². The van der Waals surface area contributed by atoms with Gasteiger partial charge in [0.15, 0.2) is 11.5 Å². The second-order valence-corrected chi connectivity index (χ2v) is 4.79. The van der Waals surface area contributed by atoms with Crippen LogP contribution in [0.25, 0.3) is 0 Å². The monoisotopic (exact) mass is 285 g/mol. The van der Waals surface area contributed by atoms with Gasteiger partial charge in [-0.3, -0.25) is 10.1 Å². The molecule has 1 aliphatic carbocycles. The van der Waals surface area contributed by atoms with Crippen molar-refractivity contribution >= 4 is 17.6 Å². The average molecular weight is 286 g/mol. The quantitative estimate of drug-likeness (QED) is 0.839. The van der Waals surface area contributed by atoms with Crippen LogP contribution in [0.3, 0.4) is 0 Å². The molecule has 0 saturated heterocycles. The fourth-order valence-electron chi connectivity index (χ4n) is 1.91. The van der Waals surface area contributed by atoms with Crippen molar-refractivity contribution in [1.82, 2.24) is 5.32 Å². The molecule has 104 valence electrons. The first-order valence-corrected chi connectivity index (χ1v) is 6.35. The van der Waals surface area contributed by atoms with Gasteiger partial charge in [-0.25, -0.2) is 0 Å². The Balaban J connectivity index is 2.38. The van der Waals surface area contributed by atoms with Crippen LogP contribution in [0, 0.1) is 0 Å². The van der Waals surface area contributed by atoms with Crippen molar-refractivity contribution in [3.63, 3.8) is 0 Å². The third kappa shape index (κ3) is 2.93. The van der Waals surface area contributed by atoms with Gasteiger partial charge < -0.3 is 14.6 Å². The van der Waals surface area contributed by atoms with E-state index in [1.165, 1.54) is 14.2 Å². The Labute approximate surface area is 116 Å². The maximum Gasteiger partial charge on any atom is 0.325 e. The molecule has 0 aliphatic heterocycles. The lowest BCUT2D eigenvalue weighted by atomic mass is 10.1. The molecule has 0 radical (unpaired) electrons. The van der Waals surface area contributed by atoms with E-state index in [2.05, 4.69) is 5.32 Å². The van der Waals surface area contributed by atoms with Gasteiger partial charge in [0, 0.05) is 11.6 Å². The van der Waals surface area contributed by atoms with Crippen LogP contribution in [0.1, 0.15) is 24.4 Å². The second-order valence-electron chi connectivity index (χ2n) is 4.42. The molecule has 1 aromatic rings. The molecule has 0 spiro atoms. The molecule has 1 fully saturated rings. The summed E-state index contributed by atoms with van der Waals surface area (Å²) in [5, 5.41) is 12.6. The van der Waals surface area contributed by atoms with Crippen molar-refractivity contribution in [3.8, 4) is 11.5 Å². The Kier molecular flexibility index (Phi) is 4.17. The van der Waals surface area contributed by atoms with E-state index in [0.717, 1.165) is 12.8 Å². The molecule has 2 N–H and O–H groups in total. The molecule has 19 heavy (non-hydrogen) atoms. The highest BCUT2D eigenvalue weighted by Crippen LogP contribution is 2.40. The summed E-state index contributed by atoms with van der Waals surface area (Å²) in [4.78, 5) is 11.4. The van der Waals surface area contributed by atoms with E-state index in [1.54, 1.807) is 12.1 Å². The van der Waals surface area contributed by atoms with Crippen LogP contribution in [0.2, 0.25) is 5.02 Å². The lowest BCUT2D eigenvalue weighted by molar-refractivity contribution is -0.139. The van der Waals surface area contributed by atoms with Crippen molar-refractivity contribution in [2.75, 3.05) is 14.2 Å². The highest BCUT2D eigenvalue weighted by atomic mass is 35.5. The van der Waals surface area contributed by atoms with Gasteiger partial charge in [0.2, 0.25) is 0 Å². The average Bonchev–Trinajstić information content (AvgIpc) is 3.19. The van der Waals surface area contributed by atoms with E-state index in [-0.39, 0.29) is 11.1 Å². The SMILES string of the molecule is COc1ccc(C(NC2CC2)C(=O)O)c(Cl)c1OC. The van der Waals surface area contributed by atoms with Crippen LogP contribution in [0.15, 0.2) is 12.1 Å². The molecular weight excluding hydrogens is 270 g/mol. The third-order valence-corrected chi connectivity index (χ3v) is 3.44. The summed E-state index contributed by atoms with van der Waals surface area (Å²) >= 11 is 6.23. The number of carboxylic acid groups (broad SMARTS) is 1. The lowest BCUT2D eigenvalue weighted by Crippen LogP contribution is -2.30. The van der Waals surface area contributed by atoms with Crippen molar-refractivity contribution in [2.45, 2.75) is 24.9 Å². The van der Waals surface area contributed by atoms with Crippen LogP contribution in [-0.4, -0.2) is 31.3 Å². The van der Waals surface area contributed by atoms with Crippen LogP contribution in [0.4, 0.5) is 0 Å². The number of ether oxygens (including phenoxy) is 2. The van der Waals surface area contributed by atoms with Gasteiger partial charge in [-0.05, 0) is 18.9 Å². The molecule has 1 unspecified atom stereocenters. The van der Waals surface area contributed by atoms with Gasteiger partial charge in [0.1, 0.15) is 6.04 Å². The summed E-state index contributed by atoms with van der Waals surface area (Å²) in [6, 6.07) is 2.73. The standard InChI is InChI=1S/C13H16ClNO4/c1-18-9-6-5-8(10(14)12(9)19-2)11(13(16)17)15-7-3-4-7/h5-7,11,15H,3-4H2,1-2H3,(H,16,17). The number of carboxylic acids is 1. The summed E-state index contributed by atoms with van der Waals surface area (Å²) in [6.07, 6.45) is 1.99. The zero-order valence-electron chi connectivity index (χ0n) is 10.8. The van der Waals surface area contributed by atoms with Gasteiger partial charge in [-0.15, -0.1) is 0 Å². The molecule has 0 bridgehead atoms. The molecule has 0 heterocycles. The molecule has 1 saturated carbocycles. The van der Waals surface area contributed by atoms with Gasteiger partial charge >= 0.3 is 5.97 Å². The van der Waals surface area contributed by atoms with Crippen molar-refractivity contribution in [2.24, 2.45) is 0 Å². The molecule has 5 nitrogen and oxygen atoms in total. The largest absolute Gasteiger partial charge is 0.493 e. The van der Waals surface area contributed by atoms with E-state index in [9.17, 15) is 9.90 Å². The fourth-order valence-corrected chi connectivity index (χ4v) is 2.25. The van der Waals surface area contributed by atoms with E-state index < -0.39 is 12.0 Å². The summed E-state index contributed by atoms with van der Waals surface area (Å²) in [5.74, 6) is -0.127. The summed E-state index contributed by atoms with van der Waals surface area (Å²) in [6.45, 7) is 0. The first kappa shape index (κ1) is 14.0. The summed E-state index contributed by atoms with van der Waals surface area (Å²) < 4.78 is 10.3. The molecule has 2 rings (SSSR count). The van der Waals surface area contributed by atoms with E-state index in [1.807, 2.05) is 0 Å². The number of carbonyl (C=O) groups is 1. The highest BCUT2D eigenvalue weighted by molar-refractivity contribution is 6.33. The van der Waals surface area contributed by atoms with Crippen LogP contribution >= 0.6 is 11.6 Å². The number of hydrogen-bond acceptors (Lipinski definition) is 4. The van der Waals surface area contributed by atoms with Crippen molar-refractivity contribution < 1.29 is 19.4 Å². The Morgan fingerprint density at radius 2 is 2.11 bits per heavy atom. The van der Waals surface area contributed by atoms with Crippen LogP contribution in [0.5, 0.6) is 11.5 Å². The molecule has 0 amide bonds. The summed E-state index contributed by atoms with van der Waals surface area (Å²) in [7, 11) is 2.97. The van der Waals surface area contributed by atoms with Gasteiger partial charge in [0.25, 0.3) is 0 Å². The zero-order chi connectivity index (χ0) is 14.0. The van der Waals surface area contributed by atoms with E-state index >= 15 is 0 Å². The van der Waals surface area contributed by atoms with Crippen LogP contribution < -0.4 is 14.8 Å². The molecule has 1 aromatic carbocycles. The minimum atomic E-state index is -0.957. The molecular formula is C13H16ClNO4. The first-order chi connectivity index (χ1) is 9.08. The zero-order valence-corrected chi connectivity index (χ0v) is 11.5. The Morgan fingerprint density at radius 1 is 1.42 bits per heavy atom. The smallest absolute Gasteiger partial charge is 0.325 e. The number of benzene rings is 1. The van der Waals surface area contributed by atoms with E-state index in [0.29, 0.717) is 17.1 Å². The van der Waals surface area contributed by atoms with Crippen molar-refractivity contribution in [3.05, 3.63) is 22.7 Å². The van der Waals surface area contributed by atoms with Gasteiger partial charge in [-0.2, -0.15) is 0 Å². The number of hydrogen-bond donors (Lipinski definition) is 2. The molecule has 1 aliphatic rings. The number of methoxy groups -OCH3 is 2. The van der Waals surface area contributed by atoms with Crippen LogP contribution in [-0.2, 0) is 4.79 Å². The highest BCUT2D eigenvalue weighted by Gasteiger charge is 2.31. The maximum absolute atomic E-state index is 11.4. The number of aliphatic carboxylic acids is 1. The molecule has 6 heteroatoms. The molecule has 0 aromatic heterocycles. The van der Waals surface area contributed by atoms with Gasteiger partial charge in [0.05, 0.1) is 19.2 Å². The number of halogens is 1. The first-order valence-electron chi connectivity index (χ1n) is 5.97. The number of nitrogens with one attached hydrogen (secondary N) is 1. The lowest BCUT2D eigenvalue weighted by Gasteiger charge is -2.18. The predicted octanol–water partition coefficient (Wildman–Crippen LogP) is 2.23. The minimum absolute atomic E-state index is 0.255. The normalized spacial score (nSPS) is 15.9. The Bertz CT molecular complexity index is 488. The topological polar surface area (TPSA) is 67.8 Å². The summed E-state index contributed by atoms with van der Waals surface area (Å²) in [5.41, 5.74) is 0.485. The van der Waals surface area contributed by atoms with E-state index in [4.69, 9.17) is 21.1 Å². The molecule has 1 atom stereocenters. The van der Waals surface area contributed by atoms with Gasteiger partial charge in [-0.1, -0.05) is 17.7 Å². The fraction of sp³-hybridized carbons (Fsp3) is 0.462. The Morgan fingerprint density at radius 3 is 2.58 bits per heavy atom. The Hall–Kier alpha value is -1.46.